The molecule has 0 amide bonds. The summed E-state index contributed by atoms with van der Waals surface area (Å²) in [5.74, 6) is -1.52. The van der Waals surface area contributed by atoms with Gasteiger partial charge in [-0.25, -0.2) is 0 Å². The number of aliphatic carboxylic acids is 1. The van der Waals surface area contributed by atoms with E-state index in [9.17, 15) is 20.0 Å². The van der Waals surface area contributed by atoms with E-state index in [4.69, 9.17) is 10.8 Å². The zero-order chi connectivity index (χ0) is 12.3. The van der Waals surface area contributed by atoms with Crippen LogP contribution in [0.25, 0.3) is 0 Å². The molecular formula is C9H10N2O5. The zero-order valence-corrected chi connectivity index (χ0v) is 8.16. The van der Waals surface area contributed by atoms with Gasteiger partial charge in [-0.1, -0.05) is 0 Å². The summed E-state index contributed by atoms with van der Waals surface area (Å²) in [5, 5.41) is 28.4. The van der Waals surface area contributed by atoms with Crippen LogP contribution < -0.4 is 5.73 Å². The van der Waals surface area contributed by atoms with E-state index in [0.717, 1.165) is 6.07 Å². The quantitative estimate of drug-likeness (QED) is 0.499. The third-order valence-corrected chi connectivity index (χ3v) is 2.04. The second kappa shape index (κ2) is 4.58. The van der Waals surface area contributed by atoms with Crippen molar-refractivity contribution in [1.29, 1.82) is 0 Å². The number of hydrogen-bond acceptors (Lipinski definition) is 5. The van der Waals surface area contributed by atoms with Crippen molar-refractivity contribution < 1.29 is 19.9 Å². The Kier molecular flexibility index (Phi) is 3.41. The third kappa shape index (κ3) is 2.67. The Labute approximate surface area is 90.3 Å². The molecule has 1 rings (SSSR count). The van der Waals surface area contributed by atoms with Gasteiger partial charge in [-0.15, -0.1) is 0 Å². The van der Waals surface area contributed by atoms with Crippen molar-refractivity contribution in [2.75, 3.05) is 0 Å². The summed E-state index contributed by atoms with van der Waals surface area (Å²) in [6.45, 7) is 0. The third-order valence-electron chi connectivity index (χ3n) is 2.04. The smallest absolute Gasteiger partial charge is 0.320 e. The molecule has 16 heavy (non-hydrogen) atoms. The van der Waals surface area contributed by atoms with Crippen LogP contribution >= 0.6 is 0 Å². The van der Waals surface area contributed by atoms with Crippen molar-refractivity contribution in [2.45, 2.75) is 12.5 Å². The van der Waals surface area contributed by atoms with E-state index in [-0.39, 0.29) is 23.4 Å². The molecule has 4 N–H and O–H groups in total. The fourth-order valence-electron chi connectivity index (χ4n) is 1.16. The maximum absolute atomic E-state index is 10.5. The molecule has 0 bridgehead atoms. The number of nitrogens with zero attached hydrogens (tertiary/aromatic N) is 1. The summed E-state index contributed by atoms with van der Waals surface area (Å²) >= 11 is 0. The van der Waals surface area contributed by atoms with Crippen molar-refractivity contribution in [3.05, 3.63) is 33.9 Å². The molecule has 0 fully saturated rings. The van der Waals surface area contributed by atoms with E-state index in [1.165, 1.54) is 12.1 Å². The van der Waals surface area contributed by atoms with Crippen LogP contribution in [0.5, 0.6) is 5.75 Å². The van der Waals surface area contributed by atoms with Crippen LogP contribution in [0.3, 0.4) is 0 Å². The van der Waals surface area contributed by atoms with E-state index in [1.54, 1.807) is 0 Å². The maximum Gasteiger partial charge on any atom is 0.320 e. The van der Waals surface area contributed by atoms with Crippen LogP contribution in [0.15, 0.2) is 18.2 Å². The molecule has 0 saturated heterocycles. The van der Waals surface area contributed by atoms with E-state index >= 15 is 0 Å². The lowest BCUT2D eigenvalue weighted by molar-refractivity contribution is -0.384. The molecular weight excluding hydrogens is 216 g/mol. The molecule has 0 spiro atoms. The number of nitro benzene ring substituents is 1. The first-order chi connectivity index (χ1) is 7.41. The number of nitrogens with two attached hydrogens (primary N) is 1. The molecule has 0 saturated carbocycles. The predicted molar refractivity (Wildman–Crippen MR) is 54.1 cm³/mol. The topological polar surface area (TPSA) is 127 Å². The Morgan fingerprint density at radius 2 is 2.19 bits per heavy atom. The van der Waals surface area contributed by atoms with Gasteiger partial charge < -0.3 is 15.9 Å². The van der Waals surface area contributed by atoms with Crippen LogP contribution in [0, 0.1) is 10.1 Å². The second-order valence-electron chi connectivity index (χ2n) is 3.22. The summed E-state index contributed by atoms with van der Waals surface area (Å²) in [7, 11) is 0. The van der Waals surface area contributed by atoms with Crippen molar-refractivity contribution in [3.63, 3.8) is 0 Å². The molecule has 7 heteroatoms. The van der Waals surface area contributed by atoms with Gasteiger partial charge in [0.15, 0.2) is 0 Å². The standard InChI is InChI=1S/C9H10N2O5/c10-7(9(13)14)3-5-1-2-6(11(15)16)4-8(5)12/h1-2,4,7,12H,3,10H2,(H,13,14). The zero-order valence-electron chi connectivity index (χ0n) is 8.16. The Morgan fingerprint density at radius 3 is 2.62 bits per heavy atom. The van der Waals surface area contributed by atoms with Gasteiger partial charge >= 0.3 is 5.97 Å². The molecule has 1 atom stereocenters. The fourth-order valence-corrected chi connectivity index (χ4v) is 1.16. The molecule has 1 unspecified atom stereocenters. The highest BCUT2D eigenvalue weighted by atomic mass is 16.6. The number of carboxylic acids is 1. The number of benzene rings is 1. The summed E-state index contributed by atoms with van der Waals surface area (Å²) in [6.07, 6.45) is -0.0842. The fraction of sp³-hybridized carbons (Fsp3) is 0.222. The molecule has 7 nitrogen and oxygen atoms in total. The molecule has 0 heterocycles. The van der Waals surface area contributed by atoms with Crippen LogP contribution in [-0.4, -0.2) is 27.1 Å². The minimum absolute atomic E-state index is 0.0842. The van der Waals surface area contributed by atoms with Gasteiger partial charge in [-0.05, 0) is 11.6 Å². The predicted octanol–water partition coefficient (Wildman–Crippen LogP) is 0.255. The number of nitro groups is 1. The molecule has 0 aliphatic heterocycles. The van der Waals surface area contributed by atoms with Gasteiger partial charge in [-0.2, -0.15) is 0 Å². The SMILES string of the molecule is NC(Cc1ccc([N+](=O)[O-])cc1O)C(=O)O. The number of rotatable bonds is 4. The van der Waals surface area contributed by atoms with Gasteiger partial charge in [0, 0.05) is 12.5 Å². The molecule has 1 aromatic rings. The Bertz CT molecular complexity index is 432. The Hall–Kier alpha value is -2.15. The highest BCUT2D eigenvalue weighted by molar-refractivity contribution is 5.73. The number of hydrogen-bond donors (Lipinski definition) is 3. The maximum atomic E-state index is 10.5. The number of non-ortho nitro benzene ring substituents is 1. The highest BCUT2D eigenvalue weighted by Crippen LogP contribution is 2.24. The first kappa shape index (κ1) is 11.9. The van der Waals surface area contributed by atoms with Crippen LogP contribution in [0.2, 0.25) is 0 Å². The first-order valence-electron chi connectivity index (χ1n) is 4.36. The number of carboxylic acid groups (broad SMARTS) is 1. The Balaban J connectivity index is 2.91. The van der Waals surface area contributed by atoms with Crippen LogP contribution in [0.4, 0.5) is 5.69 Å². The largest absolute Gasteiger partial charge is 0.507 e. The van der Waals surface area contributed by atoms with Gasteiger partial charge in [0.2, 0.25) is 0 Å². The molecule has 86 valence electrons. The van der Waals surface area contributed by atoms with Gasteiger partial charge in [-0.3, -0.25) is 14.9 Å². The number of phenols is 1. The summed E-state index contributed by atoms with van der Waals surface area (Å²) in [6, 6.07) is 2.29. The van der Waals surface area contributed by atoms with Gasteiger partial charge in [0.05, 0.1) is 11.0 Å². The highest BCUT2D eigenvalue weighted by Gasteiger charge is 2.16. The van der Waals surface area contributed by atoms with Crippen molar-refractivity contribution >= 4 is 11.7 Å². The number of aromatic hydroxyl groups is 1. The van der Waals surface area contributed by atoms with E-state index < -0.39 is 16.9 Å². The minimum atomic E-state index is -1.20. The minimum Gasteiger partial charge on any atom is -0.507 e. The molecule has 0 aromatic heterocycles. The summed E-state index contributed by atoms with van der Waals surface area (Å²) < 4.78 is 0. The normalized spacial score (nSPS) is 12.1. The van der Waals surface area contributed by atoms with E-state index in [1.807, 2.05) is 0 Å². The first-order valence-corrected chi connectivity index (χ1v) is 4.36. The number of carbonyl (C=O) groups is 1. The molecule has 1 aromatic carbocycles. The average Bonchev–Trinajstić information content (AvgIpc) is 2.20. The lowest BCUT2D eigenvalue weighted by atomic mass is 10.1. The number of phenolic OH excluding ortho intramolecular Hbond substituents is 1. The summed E-state index contributed by atoms with van der Waals surface area (Å²) in [5.41, 5.74) is 5.28. The monoisotopic (exact) mass is 226 g/mol. The van der Waals surface area contributed by atoms with E-state index in [2.05, 4.69) is 0 Å². The van der Waals surface area contributed by atoms with Crippen molar-refractivity contribution in [1.82, 2.24) is 0 Å². The second-order valence-corrected chi connectivity index (χ2v) is 3.22. The van der Waals surface area contributed by atoms with E-state index in [0.29, 0.717) is 0 Å². The lowest BCUT2D eigenvalue weighted by Crippen LogP contribution is -2.32. The van der Waals surface area contributed by atoms with Crippen molar-refractivity contribution in [2.24, 2.45) is 5.73 Å². The molecule has 0 aliphatic carbocycles. The van der Waals surface area contributed by atoms with Gasteiger partial charge in [0.1, 0.15) is 11.8 Å². The molecule has 0 aliphatic rings. The molecule has 0 radical (unpaired) electrons. The van der Waals surface area contributed by atoms with Gasteiger partial charge in [0.25, 0.3) is 5.69 Å². The van der Waals surface area contributed by atoms with Crippen LogP contribution in [0.1, 0.15) is 5.56 Å². The summed E-state index contributed by atoms with van der Waals surface area (Å²) in [4.78, 5) is 20.2. The van der Waals surface area contributed by atoms with Crippen LogP contribution in [-0.2, 0) is 11.2 Å². The van der Waals surface area contributed by atoms with Crippen molar-refractivity contribution in [3.8, 4) is 5.75 Å². The lowest BCUT2D eigenvalue weighted by Gasteiger charge is -2.07. The average molecular weight is 226 g/mol. The Morgan fingerprint density at radius 1 is 1.56 bits per heavy atom.